The molecule has 0 spiro atoms. The summed E-state index contributed by atoms with van der Waals surface area (Å²) in [7, 11) is 1.66. The van der Waals surface area contributed by atoms with Crippen LogP contribution >= 0.6 is 0 Å². The van der Waals surface area contributed by atoms with Gasteiger partial charge in [0.15, 0.2) is 0 Å². The van der Waals surface area contributed by atoms with Crippen LogP contribution in [-0.4, -0.2) is 24.7 Å². The first-order valence-corrected chi connectivity index (χ1v) is 6.67. The van der Waals surface area contributed by atoms with Crippen molar-refractivity contribution in [2.75, 3.05) is 13.7 Å². The van der Waals surface area contributed by atoms with Gasteiger partial charge in [-0.25, -0.2) is 0 Å². The molecule has 0 fully saturated rings. The molecule has 0 heterocycles. The summed E-state index contributed by atoms with van der Waals surface area (Å²) in [5.74, 6) is 0.597. The predicted octanol–water partition coefficient (Wildman–Crippen LogP) is 2.68. The number of carboxylic acid groups (broad SMARTS) is 1. The number of carbonyl (C=O) groups is 1. The zero-order valence-corrected chi connectivity index (χ0v) is 11.7. The van der Waals surface area contributed by atoms with E-state index < -0.39 is 5.97 Å². The summed E-state index contributed by atoms with van der Waals surface area (Å²) in [5, 5.41) is 12.0. The van der Waals surface area contributed by atoms with Crippen LogP contribution in [0.1, 0.15) is 31.7 Å². The van der Waals surface area contributed by atoms with E-state index in [2.05, 4.69) is 18.3 Å². The molecule has 0 bridgehead atoms. The molecule has 1 unspecified atom stereocenters. The molecule has 0 aromatic heterocycles. The van der Waals surface area contributed by atoms with Crippen molar-refractivity contribution in [3.8, 4) is 5.75 Å². The zero-order valence-electron chi connectivity index (χ0n) is 11.7. The molecule has 4 heteroatoms. The maximum atomic E-state index is 10.5. The van der Waals surface area contributed by atoms with Gasteiger partial charge in [-0.2, -0.15) is 0 Å². The van der Waals surface area contributed by atoms with E-state index in [0.717, 1.165) is 31.7 Å². The van der Waals surface area contributed by atoms with E-state index in [0.29, 0.717) is 5.92 Å². The second kappa shape index (κ2) is 8.53. The molecule has 0 radical (unpaired) electrons. The Bertz CT molecular complexity index is 393. The van der Waals surface area contributed by atoms with Gasteiger partial charge >= 0.3 is 5.97 Å². The van der Waals surface area contributed by atoms with Gasteiger partial charge in [-0.3, -0.25) is 4.79 Å². The van der Waals surface area contributed by atoms with Gasteiger partial charge in [0.25, 0.3) is 0 Å². The standard InChI is InChI=1S/C15H23NO3/c1-12(6-7-15(17)18)8-9-16-11-13-4-3-5-14(10-13)19-2/h3-5,10,12,16H,6-9,11H2,1-2H3,(H,17,18). The quantitative estimate of drug-likeness (QED) is 0.674. The van der Waals surface area contributed by atoms with E-state index in [-0.39, 0.29) is 6.42 Å². The Kier molecular flexibility index (Phi) is 6.97. The summed E-state index contributed by atoms with van der Waals surface area (Å²) in [4.78, 5) is 10.5. The number of hydrogen-bond acceptors (Lipinski definition) is 3. The van der Waals surface area contributed by atoms with E-state index in [1.165, 1.54) is 5.56 Å². The summed E-state index contributed by atoms with van der Waals surface area (Å²) in [6, 6.07) is 7.98. The van der Waals surface area contributed by atoms with Crippen LogP contribution in [0.5, 0.6) is 5.75 Å². The number of rotatable bonds is 9. The molecule has 19 heavy (non-hydrogen) atoms. The normalized spacial score (nSPS) is 12.1. The second-order valence-corrected chi connectivity index (χ2v) is 4.85. The smallest absolute Gasteiger partial charge is 0.303 e. The molecule has 0 saturated heterocycles. The number of ether oxygens (including phenoxy) is 1. The molecule has 2 N–H and O–H groups in total. The summed E-state index contributed by atoms with van der Waals surface area (Å²) in [5.41, 5.74) is 1.19. The van der Waals surface area contributed by atoms with Gasteiger partial charge in [-0.05, 0) is 43.0 Å². The number of nitrogens with one attached hydrogen (secondary N) is 1. The highest BCUT2D eigenvalue weighted by Crippen LogP contribution is 2.13. The van der Waals surface area contributed by atoms with Gasteiger partial charge in [0, 0.05) is 13.0 Å². The van der Waals surface area contributed by atoms with Crippen molar-refractivity contribution in [1.29, 1.82) is 0 Å². The second-order valence-electron chi connectivity index (χ2n) is 4.85. The molecule has 4 nitrogen and oxygen atoms in total. The van der Waals surface area contributed by atoms with Gasteiger partial charge in [-0.1, -0.05) is 19.1 Å². The third kappa shape index (κ3) is 6.82. The SMILES string of the molecule is COc1cccc(CNCCC(C)CCC(=O)O)c1. The predicted molar refractivity (Wildman–Crippen MR) is 75.4 cm³/mol. The van der Waals surface area contributed by atoms with Crippen molar-refractivity contribution in [2.45, 2.75) is 32.7 Å². The molecule has 0 aliphatic rings. The summed E-state index contributed by atoms with van der Waals surface area (Å²) >= 11 is 0. The van der Waals surface area contributed by atoms with Gasteiger partial charge in [0.05, 0.1) is 7.11 Å². The lowest BCUT2D eigenvalue weighted by molar-refractivity contribution is -0.137. The maximum absolute atomic E-state index is 10.5. The molecule has 0 aliphatic heterocycles. The van der Waals surface area contributed by atoms with Crippen LogP contribution in [0.25, 0.3) is 0 Å². The monoisotopic (exact) mass is 265 g/mol. The molecule has 1 rings (SSSR count). The average molecular weight is 265 g/mol. The van der Waals surface area contributed by atoms with Crippen LogP contribution in [0.15, 0.2) is 24.3 Å². The largest absolute Gasteiger partial charge is 0.497 e. The summed E-state index contributed by atoms with van der Waals surface area (Å²) in [6.07, 6.45) is 2.00. The molecule has 0 amide bonds. The molecule has 1 aromatic rings. The molecule has 0 saturated carbocycles. The van der Waals surface area contributed by atoms with E-state index in [4.69, 9.17) is 9.84 Å². The van der Waals surface area contributed by atoms with Crippen LogP contribution in [0.3, 0.4) is 0 Å². The number of hydrogen-bond donors (Lipinski definition) is 2. The van der Waals surface area contributed by atoms with Crippen molar-refractivity contribution in [3.63, 3.8) is 0 Å². The highest BCUT2D eigenvalue weighted by Gasteiger charge is 2.05. The molecule has 1 atom stereocenters. The Morgan fingerprint density at radius 2 is 2.21 bits per heavy atom. The fraction of sp³-hybridized carbons (Fsp3) is 0.533. The Balaban J connectivity index is 2.17. The fourth-order valence-corrected chi connectivity index (χ4v) is 1.88. The van der Waals surface area contributed by atoms with Crippen LogP contribution in [0.2, 0.25) is 0 Å². The molecule has 1 aromatic carbocycles. The average Bonchev–Trinajstić information content (AvgIpc) is 2.41. The van der Waals surface area contributed by atoms with E-state index in [1.807, 2.05) is 18.2 Å². The number of benzene rings is 1. The van der Waals surface area contributed by atoms with Crippen LogP contribution in [0, 0.1) is 5.92 Å². The lowest BCUT2D eigenvalue weighted by atomic mass is 10.0. The highest BCUT2D eigenvalue weighted by molar-refractivity contribution is 5.66. The first kappa shape index (κ1) is 15.5. The molecule has 0 aliphatic carbocycles. The van der Waals surface area contributed by atoms with Gasteiger partial charge in [-0.15, -0.1) is 0 Å². The molecule has 106 valence electrons. The Morgan fingerprint density at radius 3 is 2.89 bits per heavy atom. The van der Waals surface area contributed by atoms with Crippen LogP contribution in [-0.2, 0) is 11.3 Å². The Morgan fingerprint density at radius 1 is 1.42 bits per heavy atom. The van der Waals surface area contributed by atoms with Crippen molar-refractivity contribution in [2.24, 2.45) is 5.92 Å². The minimum Gasteiger partial charge on any atom is -0.497 e. The lowest BCUT2D eigenvalue weighted by Gasteiger charge is -2.11. The van der Waals surface area contributed by atoms with Gasteiger partial charge in [0.1, 0.15) is 5.75 Å². The highest BCUT2D eigenvalue weighted by atomic mass is 16.5. The Labute approximate surface area is 114 Å². The minimum absolute atomic E-state index is 0.261. The van der Waals surface area contributed by atoms with E-state index in [1.54, 1.807) is 7.11 Å². The molecular weight excluding hydrogens is 242 g/mol. The number of aliphatic carboxylic acids is 1. The Hall–Kier alpha value is -1.55. The van der Waals surface area contributed by atoms with E-state index in [9.17, 15) is 4.79 Å². The minimum atomic E-state index is -0.712. The first-order valence-electron chi connectivity index (χ1n) is 6.67. The summed E-state index contributed by atoms with van der Waals surface area (Å²) < 4.78 is 5.17. The number of methoxy groups -OCH3 is 1. The fourth-order valence-electron chi connectivity index (χ4n) is 1.88. The van der Waals surface area contributed by atoms with Gasteiger partial charge < -0.3 is 15.2 Å². The third-order valence-corrected chi connectivity index (χ3v) is 3.13. The first-order chi connectivity index (χ1) is 9.11. The van der Waals surface area contributed by atoms with Crippen molar-refractivity contribution in [3.05, 3.63) is 29.8 Å². The summed E-state index contributed by atoms with van der Waals surface area (Å²) in [6.45, 7) is 3.80. The van der Waals surface area contributed by atoms with Crippen LogP contribution in [0.4, 0.5) is 0 Å². The van der Waals surface area contributed by atoms with Crippen molar-refractivity contribution in [1.82, 2.24) is 5.32 Å². The molecular formula is C15H23NO3. The van der Waals surface area contributed by atoms with Crippen molar-refractivity contribution >= 4 is 5.97 Å². The zero-order chi connectivity index (χ0) is 14.1. The van der Waals surface area contributed by atoms with Crippen molar-refractivity contribution < 1.29 is 14.6 Å². The van der Waals surface area contributed by atoms with Gasteiger partial charge in [0.2, 0.25) is 0 Å². The number of carboxylic acids is 1. The third-order valence-electron chi connectivity index (χ3n) is 3.13. The topological polar surface area (TPSA) is 58.6 Å². The van der Waals surface area contributed by atoms with Crippen LogP contribution < -0.4 is 10.1 Å². The van der Waals surface area contributed by atoms with E-state index >= 15 is 0 Å². The maximum Gasteiger partial charge on any atom is 0.303 e. The lowest BCUT2D eigenvalue weighted by Crippen LogP contribution is -2.17.